The average molecular weight is 583 g/mol. The van der Waals surface area contributed by atoms with E-state index in [1.54, 1.807) is 18.2 Å². The Kier molecular flexibility index (Phi) is 9.45. The fourth-order valence-electron chi connectivity index (χ4n) is 3.87. The Bertz CT molecular complexity index is 1500. The lowest BCUT2D eigenvalue weighted by molar-refractivity contribution is -0.113. The molecule has 0 radical (unpaired) electrons. The van der Waals surface area contributed by atoms with Crippen molar-refractivity contribution < 1.29 is 19.1 Å². The first-order valence-electron chi connectivity index (χ1n) is 11.9. The normalized spacial score (nSPS) is 10.8. The number of rotatable bonds is 11. The van der Waals surface area contributed by atoms with Gasteiger partial charge in [0, 0.05) is 22.0 Å². The molecule has 39 heavy (non-hydrogen) atoms. The molecule has 0 aliphatic heterocycles. The average Bonchev–Trinajstić information content (AvgIpc) is 3.47. The first-order valence-corrected chi connectivity index (χ1v) is 14.1. The quantitative estimate of drug-likeness (QED) is 0.122. The van der Waals surface area contributed by atoms with Gasteiger partial charge in [0.05, 0.1) is 12.9 Å². The van der Waals surface area contributed by atoms with Gasteiger partial charge in [-0.3, -0.25) is 9.36 Å². The van der Waals surface area contributed by atoms with E-state index in [9.17, 15) is 9.59 Å². The maximum atomic E-state index is 13.0. The molecule has 2 aromatic carbocycles. The lowest BCUT2D eigenvalue weighted by Gasteiger charge is -2.10. The molecule has 202 valence electrons. The van der Waals surface area contributed by atoms with Gasteiger partial charge in [-0.25, -0.2) is 4.79 Å². The number of halogens is 1. The Balaban J connectivity index is 1.47. The minimum absolute atomic E-state index is 0.0603. The van der Waals surface area contributed by atoms with Crippen molar-refractivity contribution in [2.75, 3.05) is 18.2 Å². The van der Waals surface area contributed by atoms with Crippen LogP contribution in [-0.2, 0) is 22.7 Å². The molecule has 11 heteroatoms. The molecule has 0 spiro atoms. The minimum Gasteiger partial charge on any atom is -0.486 e. The van der Waals surface area contributed by atoms with Crippen LogP contribution < -0.4 is 10.1 Å². The van der Waals surface area contributed by atoms with Crippen LogP contribution in [0.2, 0.25) is 5.02 Å². The number of nitrogens with one attached hydrogen (secondary N) is 1. The highest BCUT2D eigenvalue weighted by Crippen LogP contribution is 2.40. The molecule has 2 heterocycles. The minimum atomic E-state index is -0.507. The van der Waals surface area contributed by atoms with E-state index >= 15 is 0 Å². The Hall–Kier alpha value is -3.60. The molecule has 8 nitrogen and oxygen atoms in total. The van der Waals surface area contributed by atoms with Gasteiger partial charge in [0.1, 0.15) is 22.9 Å². The Morgan fingerprint density at radius 3 is 2.64 bits per heavy atom. The first-order chi connectivity index (χ1) is 18.8. The van der Waals surface area contributed by atoms with Gasteiger partial charge in [0.2, 0.25) is 5.91 Å². The fraction of sp³-hybridized carbons (Fsp3) is 0.214. The van der Waals surface area contributed by atoms with E-state index in [2.05, 4.69) is 22.1 Å². The van der Waals surface area contributed by atoms with Crippen LogP contribution in [0.15, 0.2) is 66.3 Å². The molecule has 0 saturated heterocycles. The highest BCUT2D eigenvalue weighted by Gasteiger charge is 2.25. The number of hydrogen-bond donors (Lipinski definition) is 1. The van der Waals surface area contributed by atoms with E-state index in [0.29, 0.717) is 38.9 Å². The lowest BCUT2D eigenvalue weighted by atomic mass is 10.0. The van der Waals surface area contributed by atoms with E-state index in [-0.39, 0.29) is 18.3 Å². The third-order valence-corrected chi connectivity index (χ3v) is 8.14. The number of aromatic nitrogens is 3. The van der Waals surface area contributed by atoms with Gasteiger partial charge in [0.15, 0.2) is 11.0 Å². The fourth-order valence-corrected chi connectivity index (χ4v) is 5.84. The monoisotopic (exact) mass is 582 g/mol. The van der Waals surface area contributed by atoms with E-state index < -0.39 is 5.97 Å². The second-order valence-electron chi connectivity index (χ2n) is 8.43. The smallest absolute Gasteiger partial charge is 0.341 e. The van der Waals surface area contributed by atoms with E-state index in [1.807, 2.05) is 54.8 Å². The number of anilines is 1. The molecule has 4 aromatic rings. The Labute approximate surface area is 240 Å². The summed E-state index contributed by atoms with van der Waals surface area (Å²) in [6.07, 6.45) is 1.73. The van der Waals surface area contributed by atoms with E-state index in [0.717, 1.165) is 21.6 Å². The van der Waals surface area contributed by atoms with Crippen molar-refractivity contribution in [3.05, 3.63) is 88.0 Å². The van der Waals surface area contributed by atoms with Crippen LogP contribution in [0, 0.1) is 13.8 Å². The van der Waals surface area contributed by atoms with Crippen molar-refractivity contribution >= 4 is 51.6 Å². The summed E-state index contributed by atoms with van der Waals surface area (Å²) >= 11 is 8.67. The number of carbonyl (C=O) groups is 2. The summed E-state index contributed by atoms with van der Waals surface area (Å²) in [5, 5.41) is 13.1. The van der Waals surface area contributed by atoms with Gasteiger partial charge in [0.25, 0.3) is 0 Å². The van der Waals surface area contributed by atoms with Gasteiger partial charge in [-0.05, 0) is 43.2 Å². The zero-order valence-electron chi connectivity index (χ0n) is 21.7. The van der Waals surface area contributed by atoms with Crippen molar-refractivity contribution in [2.24, 2.45) is 0 Å². The molecular formula is C28H27ClN4O4S2. The van der Waals surface area contributed by atoms with Crippen LogP contribution in [0.1, 0.15) is 26.6 Å². The zero-order valence-corrected chi connectivity index (χ0v) is 24.1. The van der Waals surface area contributed by atoms with Crippen LogP contribution in [0.4, 0.5) is 5.00 Å². The van der Waals surface area contributed by atoms with Crippen LogP contribution in [0.25, 0.3) is 11.1 Å². The molecule has 0 atom stereocenters. The highest BCUT2D eigenvalue weighted by molar-refractivity contribution is 7.99. The lowest BCUT2D eigenvalue weighted by Crippen LogP contribution is -2.16. The molecule has 0 unspecified atom stereocenters. The number of allylic oxidation sites excluding steroid dienone is 1. The first kappa shape index (κ1) is 28.4. The number of thioether (sulfide) groups is 1. The Morgan fingerprint density at radius 1 is 1.18 bits per heavy atom. The number of nitrogens with zero attached hydrogens (tertiary/aromatic N) is 3. The van der Waals surface area contributed by atoms with Crippen molar-refractivity contribution in [1.29, 1.82) is 0 Å². The summed E-state index contributed by atoms with van der Waals surface area (Å²) in [6.45, 7) is 8.27. The summed E-state index contributed by atoms with van der Waals surface area (Å²) in [5.41, 5.74) is 2.89. The largest absolute Gasteiger partial charge is 0.486 e. The third kappa shape index (κ3) is 6.70. The Morgan fingerprint density at radius 2 is 1.95 bits per heavy atom. The highest BCUT2D eigenvalue weighted by atomic mass is 35.5. The number of hydrogen-bond acceptors (Lipinski definition) is 8. The molecule has 1 N–H and O–H groups in total. The van der Waals surface area contributed by atoms with E-state index in [1.165, 1.54) is 30.2 Å². The molecule has 0 saturated carbocycles. The number of thiophene rings is 1. The zero-order chi connectivity index (χ0) is 27.9. The number of esters is 1. The van der Waals surface area contributed by atoms with Gasteiger partial charge < -0.3 is 14.8 Å². The molecule has 0 bridgehead atoms. The maximum absolute atomic E-state index is 13.0. The summed E-state index contributed by atoms with van der Waals surface area (Å²) in [4.78, 5) is 26.6. The number of ether oxygens (including phenoxy) is 2. The van der Waals surface area contributed by atoms with Gasteiger partial charge in [-0.15, -0.1) is 28.1 Å². The van der Waals surface area contributed by atoms with Gasteiger partial charge >= 0.3 is 5.97 Å². The SMILES string of the molecule is C=CCn1c(COc2ccc(Cl)c(C)c2)nnc1SCC(=O)Nc1sc(C)c(-c2ccccc2)c1C(=O)OC. The second kappa shape index (κ2) is 13.0. The molecule has 2 aromatic heterocycles. The van der Waals surface area contributed by atoms with Crippen LogP contribution in [0.3, 0.4) is 0 Å². The van der Waals surface area contributed by atoms with Crippen LogP contribution >= 0.6 is 34.7 Å². The number of methoxy groups -OCH3 is 1. The summed E-state index contributed by atoms with van der Waals surface area (Å²) in [6, 6.07) is 15.0. The maximum Gasteiger partial charge on any atom is 0.341 e. The van der Waals surface area contributed by atoms with Crippen molar-refractivity contribution in [3.8, 4) is 16.9 Å². The summed E-state index contributed by atoms with van der Waals surface area (Å²) < 4.78 is 12.8. The van der Waals surface area contributed by atoms with Crippen molar-refractivity contribution in [1.82, 2.24) is 14.8 Å². The number of benzene rings is 2. The molecule has 1 amide bonds. The topological polar surface area (TPSA) is 95.3 Å². The van der Waals surface area contributed by atoms with E-state index in [4.69, 9.17) is 21.1 Å². The van der Waals surface area contributed by atoms with Crippen LogP contribution in [0.5, 0.6) is 5.75 Å². The predicted molar refractivity (Wildman–Crippen MR) is 156 cm³/mol. The van der Waals surface area contributed by atoms with Gasteiger partial charge in [-0.2, -0.15) is 0 Å². The van der Waals surface area contributed by atoms with Gasteiger partial charge in [-0.1, -0.05) is 59.8 Å². The molecule has 4 rings (SSSR count). The standard InChI is InChI=1S/C28H27ClN4O4S2/c1-5-13-33-22(15-37-20-11-12-21(29)17(2)14-20)31-32-28(33)38-16-23(34)30-26-25(27(35)36-4)24(18(3)39-26)19-9-7-6-8-10-19/h5-12,14H,1,13,15-16H2,2-4H3,(H,30,34). The number of amides is 1. The summed E-state index contributed by atoms with van der Waals surface area (Å²) in [7, 11) is 1.33. The summed E-state index contributed by atoms with van der Waals surface area (Å²) in [5.74, 6) is 0.534. The molecule has 0 fully saturated rings. The van der Waals surface area contributed by atoms with Crippen molar-refractivity contribution in [2.45, 2.75) is 32.2 Å². The number of carbonyl (C=O) groups excluding carboxylic acids is 2. The van der Waals surface area contributed by atoms with Crippen molar-refractivity contribution in [3.63, 3.8) is 0 Å². The number of aryl methyl sites for hydroxylation is 2. The molecule has 0 aliphatic rings. The van der Waals surface area contributed by atoms with Crippen LogP contribution in [-0.4, -0.2) is 39.5 Å². The third-order valence-electron chi connectivity index (χ3n) is 5.72. The molecule has 0 aliphatic carbocycles. The second-order valence-corrected chi connectivity index (χ2v) is 11.0. The predicted octanol–water partition coefficient (Wildman–Crippen LogP) is 6.56. The molecular weight excluding hydrogens is 556 g/mol.